The van der Waals surface area contributed by atoms with Crippen LogP contribution in [0.1, 0.15) is 28.8 Å². The van der Waals surface area contributed by atoms with E-state index in [1.165, 1.54) is 6.07 Å². The SMILES string of the molecule is CCN(c1cccc(C)c1)c1cc(C(=O)Nc2ccc(F)cc2F)nc(C)n1. The fourth-order valence-corrected chi connectivity index (χ4v) is 2.86. The molecule has 0 bridgehead atoms. The van der Waals surface area contributed by atoms with Crippen LogP contribution in [0.15, 0.2) is 48.5 Å². The van der Waals surface area contributed by atoms with Crippen molar-refractivity contribution < 1.29 is 13.6 Å². The molecule has 0 aliphatic heterocycles. The summed E-state index contributed by atoms with van der Waals surface area (Å²) < 4.78 is 26.9. The Morgan fingerprint density at radius 3 is 2.54 bits per heavy atom. The van der Waals surface area contributed by atoms with E-state index in [0.29, 0.717) is 24.3 Å². The molecule has 0 unspecified atom stereocenters. The average molecular weight is 382 g/mol. The van der Waals surface area contributed by atoms with Gasteiger partial charge in [0.25, 0.3) is 5.91 Å². The topological polar surface area (TPSA) is 58.1 Å². The summed E-state index contributed by atoms with van der Waals surface area (Å²) in [4.78, 5) is 23.1. The summed E-state index contributed by atoms with van der Waals surface area (Å²) in [6.45, 7) is 6.29. The van der Waals surface area contributed by atoms with Gasteiger partial charge in [-0.25, -0.2) is 18.7 Å². The third kappa shape index (κ3) is 4.31. The van der Waals surface area contributed by atoms with E-state index in [2.05, 4.69) is 15.3 Å². The standard InChI is InChI=1S/C21H20F2N4O/c1-4-27(16-7-5-6-13(2)10-16)20-12-19(24-14(3)25-20)21(28)26-18-9-8-15(22)11-17(18)23/h5-12H,4H2,1-3H3,(H,26,28). The number of carbonyl (C=O) groups excluding carboxylic acids is 1. The molecule has 0 saturated carbocycles. The zero-order valence-electron chi connectivity index (χ0n) is 15.8. The van der Waals surface area contributed by atoms with Gasteiger partial charge in [-0.2, -0.15) is 0 Å². The molecule has 28 heavy (non-hydrogen) atoms. The fraction of sp³-hybridized carbons (Fsp3) is 0.190. The number of nitrogens with one attached hydrogen (secondary N) is 1. The predicted molar refractivity (Wildman–Crippen MR) is 105 cm³/mol. The average Bonchev–Trinajstić information content (AvgIpc) is 2.64. The number of amides is 1. The van der Waals surface area contributed by atoms with Gasteiger partial charge in [-0.3, -0.25) is 4.79 Å². The Balaban J connectivity index is 1.93. The summed E-state index contributed by atoms with van der Waals surface area (Å²) in [7, 11) is 0. The van der Waals surface area contributed by atoms with Gasteiger partial charge in [0, 0.05) is 24.4 Å². The van der Waals surface area contributed by atoms with E-state index in [0.717, 1.165) is 17.3 Å². The summed E-state index contributed by atoms with van der Waals surface area (Å²) in [5.74, 6) is -1.20. The monoisotopic (exact) mass is 382 g/mol. The summed E-state index contributed by atoms with van der Waals surface area (Å²) in [6.07, 6.45) is 0. The Kier molecular flexibility index (Phi) is 5.63. The van der Waals surface area contributed by atoms with E-state index in [1.54, 1.807) is 13.0 Å². The molecule has 0 radical (unpaired) electrons. The molecule has 3 aromatic rings. The van der Waals surface area contributed by atoms with Crippen molar-refractivity contribution in [1.82, 2.24) is 9.97 Å². The molecule has 0 saturated heterocycles. The molecule has 1 aromatic heterocycles. The van der Waals surface area contributed by atoms with Crippen LogP contribution in [0.4, 0.5) is 26.0 Å². The van der Waals surface area contributed by atoms with Gasteiger partial charge in [0.05, 0.1) is 5.69 Å². The van der Waals surface area contributed by atoms with Gasteiger partial charge in [0.15, 0.2) is 0 Å². The lowest BCUT2D eigenvalue weighted by Gasteiger charge is -2.23. The third-order valence-corrected chi connectivity index (χ3v) is 4.14. The maximum Gasteiger partial charge on any atom is 0.274 e. The predicted octanol–water partition coefficient (Wildman–Crippen LogP) is 4.78. The van der Waals surface area contributed by atoms with E-state index >= 15 is 0 Å². The number of halogens is 2. The van der Waals surface area contributed by atoms with Crippen LogP contribution in [0.25, 0.3) is 0 Å². The Morgan fingerprint density at radius 1 is 1.07 bits per heavy atom. The highest BCUT2D eigenvalue weighted by Gasteiger charge is 2.17. The molecule has 0 spiro atoms. The molecule has 0 atom stereocenters. The highest BCUT2D eigenvalue weighted by atomic mass is 19.1. The minimum atomic E-state index is -0.853. The lowest BCUT2D eigenvalue weighted by atomic mass is 10.2. The minimum absolute atomic E-state index is 0.0947. The number of anilines is 3. The number of hydrogen-bond donors (Lipinski definition) is 1. The lowest BCUT2D eigenvalue weighted by molar-refractivity contribution is 0.102. The fourth-order valence-electron chi connectivity index (χ4n) is 2.86. The molecule has 0 aliphatic rings. The summed E-state index contributed by atoms with van der Waals surface area (Å²) in [5, 5.41) is 2.42. The molecular formula is C21H20F2N4O. The van der Waals surface area contributed by atoms with Crippen LogP contribution in [-0.2, 0) is 0 Å². The van der Waals surface area contributed by atoms with Crippen LogP contribution in [0.3, 0.4) is 0 Å². The van der Waals surface area contributed by atoms with Crippen molar-refractivity contribution in [3.05, 3.63) is 77.2 Å². The van der Waals surface area contributed by atoms with Gasteiger partial charge in [-0.15, -0.1) is 0 Å². The quantitative estimate of drug-likeness (QED) is 0.690. The molecule has 5 nitrogen and oxygen atoms in total. The Bertz CT molecular complexity index is 1020. The molecule has 0 fully saturated rings. The van der Waals surface area contributed by atoms with Crippen molar-refractivity contribution >= 4 is 23.1 Å². The molecule has 1 amide bonds. The van der Waals surface area contributed by atoms with Crippen LogP contribution in [-0.4, -0.2) is 22.4 Å². The number of carbonyl (C=O) groups is 1. The zero-order valence-corrected chi connectivity index (χ0v) is 15.8. The van der Waals surface area contributed by atoms with E-state index < -0.39 is 17.5 Å². The zero-order chi connectivity index (χ0) is 20.3. The molecular weight excluding hydrogens is 362 g/mol. The van der Waals surface area contributed by atoms with Crippen molar-refractivity contribution in [3.8, 4) is 0 Å². The lowest BCUT2D eigenvalue weighted by Crippen LogP contribution is -2.21. The third-order valence-electron chi connectivity index (χ3n) is 4.14. The van der Waals surface area contributed by atoms with Gasteiger partial charge in [-0.05, 0) is 50.6 Å². The largest absolute Gasteiger partial charge is 0.327 e. The first-order valence-corrected chi connectivity index (χ1v) is 8.83. The summed E-state index contributed by atoms with van der Waals surface area (Å²) in [6, 6.07) is 12.4. The van der Waals surface area contributed by atoms with Crippen molar-refractivity contribution in [2.45, 2.75) is 20.8 Å². The van der Waals surface area contributed by atoms with E-state index in [9.17, 15) is 13.6 Å². The summed E-state index contributed by atoms with van der Waals surface area (Å²) >= 11 is 0. The van der Waals surface area contributed by atoms with Crippen molar-refractivity contribution in [2.75, 3.05) is 16.8 Å². The second kappa shape index (κ2) is 8.12. The molecule has 0 aliphatic carbocycles. The number of aryl methyl sites for hydroxylation is 2. The minimum Gasteiger partial charge on any atom is -0.327 e. The molecule has 144 valence electrons. The van der Waals surface area contributed by atoms with Crippen molar-refractivity contribution in [1.29, 1.82) is 0 Å². The Morgan fingerprint density at radius 2 is 1.86 bits per heavy atom. The van der Waals surface area contributed by atoms with Gasteiger partial charge in [0.2, 0.25) is 0 Å². The first-order valence-electron chi connectivity index (χ1n) is 8.83. The maximum atomic E-state index is 13.8. The number of hydrogen-bond acceptors (Lipinski definition) is 4. The molecule has 1 N–H and O–H groups in total. The van der Waals surface area contributed by atoms with E-state index in [-0.39, 0.29) is 11.4 Å². The van der Waals surface area contributed by atoms with Crippen LogP contribution >= 0.6 is 0 Å². The van der Waals surface area contributed by atoms with E-state index in [1.807, 2.05) is 43.0 Å². The van der Waals surface area contributed by atoms with Gasteiger partial charge >= 0.3 is 0 Å². The Hall–Kier alpha value is -3.35. The summed E-state index contributed by atoms with van der Waals surface area (Å²) in [5.41, 5.74) is 2.02. The normalized spacial score (nSPS) is 10.6. The van der Waals surface area contributed by atoms with Gasteiger partial charge < -0.3 is 10.2 Å². The van der Waals surface area contributed by atoms with Gasteiger partial charge in [0.1, 0.15) is 29.0 Å². The molecule has 7 heteroatoms. The van der Waals surface area contributed by atoms with Crippen LogP contribution < -0.4 is 10.2 Å². The number of benzene rings is 2. The first-order chi connectivity index (χ1) is 13.4. The first kappa shape index (κ1) is 19.4. The molecule has 2 aromatic carbocycles. The Labute approximate surface area is 162 Å². The van der Waals surface area contributed by atoms with E-state index in [4.69, 9.17) is 0 Å². The van der Waals surface area contributed by atoms with Crippen LogP contribution in [0.2, 0.25) is 0 Å². The molecule has 1 heterocycles. The smallest absolute Gasteiger partial charge is 0.274 e. The second-order valence-electron chi connectivity index (χ2n) is 6.32. The highest BCUT2D eigenvalue weighted by Crippen LogP contribution is 2.25. The van der Waals surface area contributed by atoms with Crippen molar-refractivity contribution in [3.63, 3.8) is 0 Å². The van der Waals surface area contributed by atoms with Crippen molar-refractivity contribution in [2.24, 2.45) is 0 Å². The number of nitrogens with zero attached hydrogens (tertiary/aromatic N) is 3. The second-order valence-corrected chi connectivity index (χ2v) is 6.32. The van der Waals surface area contributed by atoms with Crippen LogP contribution in [0.5, 0.6) is 0 Å². The molecule has 3 rings (SSSR count). The highest BCUT2D eigenvalue weighted by molar-refractivity contribution is 6.03. The van der Waals surface area contributed by atoms with Gasteiger partial charge in [-0.1, -0.05) is 12.1 Å². The number of aromatic nitrogens is 2. The maximum absolute atomic E-state index is 13.8. The number of rotatable bonds is 5. The van der Waals surface area contributed by atoms with Crippen LogP contribution in [0, 0.1) is 25.5 Å².